The Morgan fingerprint density at radius 3 is 2.16 bits per heavy atom. The van der Waals surface area contributed by atoms with E-state index in [0.717, 1.165) is 29.9 Å². The number of benzene rings is 1. The molecule has 0 unspecified atom stereocenters. The highest BCUT2D eigenvalue weighted by atomic mass is 16.1. The molecule has 0 amide bonds. The third-order valence-corrected chi connectivity index (χ3v) is 4.73. The molecule has 1 aliphatic rings. The Balaban J connectivity index is 2.03. The van der Waals surface area contributed by atoms with Crippen LogP contribution in [0.25, 0.3) is 0 Å². The van der Waals surface area contributed by atoms with Crippen LogP contribution in [-0.4, -0.2) is 5.78 Å². The minimum atomic E-state index is 0.250. The number of hydrogen-bond donors (Lipinski definition) is 0. The summed E-state index contributed by atoms with van der Waals surface area (Å²) in [5, 5.41) is 0. The zero-order chi connectivity index (χ0) is 14.0. The molecule has 0 heterocycles. The molecule has 1 saturated carbocycles. The molecule has 19 heavy (non-hydrogen) atoms. The van der Waals surface area contributed by atoms with Gasteiger partial charge in [0.1, 0.15) is 0 Å². The van der Waals surface area contributed by atoms with E-state index in [1.165, 1.54) is 12.8 Å². The molecule has 1 heteroatoms. The van der Waals surface area contributed by atoms with Crippen molar-refractivity contribution >= 4 is 5.78 Å². The molecule has 0 bridgehead atoms. The number of hydrogen-bond acceptors (Lipinski definition) is 1. The highest BCUT2D eigenvalue weighted by molar-refractivity contribution is 5.99. The van der Waals surface area contributed by atoms with Crippen LogP contribution in [0.4, 0.5) is 0 Å². The molecule has 1 aromatic rings. The Labute approximate surface area is 117 Å². The van der Waals surface area contributed by atoms with Gasteiger partial charge in [0, 0.05) is 11.5 Å². The summed E-state index contributed by atoms with van der Waals surface area (Å²) in [5.41, 5.74) is 2.43. The van der Waals surface area contributed by atoms with E-state index in [1.54, 1.807) is 0 Å². The number of ketones is 1. The van der Waals surface area contributed by atoms with E-state index in [2.05, 4.69) is 20.8 Å². The topological polar surface area (TPSA) is 17.1 Å². The lowest BCUT2D eigenvalue weighted by Gasteiger charge is -2.36. The maximum atomic E-state index is 12.6. The van der Waals surface area contributed by atoms with Gasteiger partial charge in [0.15, 0.2) is 5.78 Å². The molecule has 2 rings (SSSR count). The lowest BCUT2D eigenvalue weighted by atomic mass is 9.68. The predicted molar refractivity (Wildman–Crippen MR) is 80.4 cm³/mol. The van der Waals surface area contributed by atoms with Crippen LogP contribution >= 0.6 is 0 Å². The molecule has 1 aromatic carbocycles. The second-order valence-corrected chi connectivity index (χ2v) is 7.09. The van der Waals surface area contributed by atoms with Crippen LogP contribution < -0.4 is 0 Å². The Kier molecular flexibility index (Phi) is 4.13. The minimum Gasteiger partial charge on any atom is -0.294 e. The van der Waals surface area contributed by atoms with Gasteiger partial charge in [-0.1, -0.05) is 45.0 Å². The largest absolute Gasteiger partial charge is 0.294 e. The molecule has 1 nitrogen and oxygen atoms in total. The first-order chi connectivity index (χ1) is 8.89. The predicted octanol–water partition coefficient (Wildman–Crippen LogP) is 5.03. The molecular weight excluding hydrogens is 232 g/mol. The van der Waals surface area contributed by atoms with Crippen molar-refractivity contribution in [1.29, 1.82) is 0 Å². The summed E-state index contributed by atoms with van der Waals surface area (Å²) in [5.74, 6) is 1.39. The minimum absolute atomic E-state index is 0.250. The summed E-state index contributed by atoms with van der Waals surface area (Å²) >= 11 is 0. The molecule has 1 aliphatic carbocycles. The van der Waals surface area contributed by atoms with Crippen molar-refractivity contribution in [3.8, 4) is 0 Å². The third-order valence-electron chi connectivity index (χ3n) is 4.73. The van der Waals surface area contributed by atoms with Crippen molar-refractivity contribution in [2.75, 3.05) is 0 Å². The molecule has 0 spiro atoms. The van der Waals surface area contributed by atoms with Gasteiger partial charge in [-0.2, -0.15) is 0 Å². The van der Waals surface area contributed by atoms with Gasteiger partial charge in [-0.25, -0.2) is 0 Å². The lowest BCUT2D eigenvalue weighted by molar-refractivity contribution is 0.0819. The molecule has 0 aromatic heterocycles. The highest BCUT2D eigenvalue weighted by Gasteiger charge is 2.32. The van der Waals surface area contributed by atoms with E-state index in [4.69, 9.17) is 0 Å². The van der Waals surface area contributed by atoms with Gasteiger partial charge in [-0.05, 0) is 49.5 Å². The van der Waals surface area contributed by atoms with Crippen molar-refractivity contribution in [2.24, 2.45) is 17.3 Å². The number of carbonyl (C=O) groups excluding carboxylic acids is 1. The number of carbonyl (C=O) groups is 1. The monoisotopic (exact) mass is 258 g/mol. The Morgan fingerprint density at radius 2 is 1.63 bits per heavy atom. The van der Waals surface area contributed by atoms with Crippen molar-refractivity contribution in [3.05, 3.63) is 35.4 Å². The maximum absolute atomic E-state index is 12.6. The fourth-order valence-electron chi connectivity index (χ4n) is 3.29. The molecule has 0 saturated heterocycles. The van der Waals surface area contributed by atoms with E-state index in [0.29, 0.717) is 11.2 Å². The van der Waals surface area contributed by atoms with Crippen molar-refractivity contribution in [2.45, 2.75) is 53.4 Å². The Bertz CT molecular complexity index is 445. The second kappa shape index (κ2) is 5.48. The van der Waals surface area contributed by atoms with Crippen LogP contribution in [0.1, 0.15) is 62.4 Å². The summed E-state index contributed by atoms with van der Waals surface area (Å²) in [6.45, 7) is 9.00. The van der Waals surface area contributed by atoms with Crippen molar-refractivity contribution in [3.63, 3.8) is 0 Å². The average Bonchev–Trinajstić information content (AvgIpc) is 2.38. The van der Waals surface area contributed by atoms with Crippen LogP contribution in [0, 0.1) is 24.2 Å². The van der Waals surface area contributed by atoms with Gasteiger partial charge in [0.2, 0.25) is 0 Å². The van der Waals surface area contributed by atoms with Gasteiger partial charge in [-0.15, -0.1) is 0 Å². The Morgan fingerprint density at radius 1 is 1.05 bits per heavy atom. The molecular formula is C18H26O. The zero-order valence-electron chi connectivity index (χ0n) is 12.7. The fourth-order valence-corrected chi connectivity index (χ4v) is 3.29. The molecule has 0 N–H and O–H groups in total. The highest BCUT2D eigenvalue weighted by Crippen LogP contribution is 2.40. The summed E-state index contributed by atoms with van der Waals surface area (Å²) in [4.78, 5) is 12.6. The SMILES string of the molecule is Cc1ccccc1C(=O)C1CCC(C(C)(C)C)CC1. The normalized spacial score (nSPS) is 24.2. The summed E-state index contributed by atoms with van der Waals surface area (Å²) in [6.07, 6.45) is 4.53. The summed E-state index contributed by atoms with van der Waals surface area (Å²) in [6, 6.07) is 7.99. The van der Waals surface area contributed by atoms with Crippen LogP contribution in [0.3, 0.4) is 0 Å². The van der Waals surface area contributed by atoms with E-state index in [-0.39, 0.29) is 5.92 Å². The lowest BCUT2D eigenvalue weighted by Crippen LogP contribution is -2.29. The van der Waals surface area contributed by atoms with Crippen LogP contribution in [0.2, 0.25) is 0 Å². The smallest absolute Gasteiger partial charge is 0.166 e. The van der Waals surface area contributed by atoms with Crippen LogP contribution in [-0.2, 0) is 0 Å². The number of rotatable bonds is 2. The maximum Gasteiger partial charge on any atom is 0.166 e. The molecule has 104 valence electrons. The van der Waals surface area contributed by atoms with Gasteiger partial charge in [0.25, 0.3) is 0 Å². The Hall–Kier alpha value is -1.11. The molecule has 0 atom stereocenters. The first kappa shape index (κ1) is 14.3. The van der Waals surface area contributed by atoms with Gasteiger partial charge < -0.3 is 0 Å². The van der Waals surface area contributed by atoms with Crippen molar-refractivity contribution in [1.82, 2.24) is 0 Å². The quantitative estimate of drug-likeness (QED) is 0.680. The fraction of sp³-hybridized carbons (Fsp3) is 0.611. The van der Waals surface area contributed by atoms with Crippen LogP contribution in [0.15, 0.2) is 24.3 Å². The first-order valence-electron chi connectivity index (χ1n) is 7.49. The van der Waals surface area contributed by atoms with Crippen molar-refractivity contribution < 1.29 is 4.79 Å². The summed E-state index contributed by atoms with van der Waals surface area (Å²) < 4.78 is 0. The van der Waals surface area contributed by atoms with E-state index < -0.39 is 0 Å². The molecule has 0 aliphatic heterocycles. The molecule has 1 fully saturated rings. The first-order valence-corrected chi connectivity index (χ1v) is 7.49. The number of Topliss-reactive ketones (excluding diaryl/α,β-unsaturated/α-hetero) is 1. The van der Waals surface area contributed by atoms with Gasteiger partial charge in [-0.3, -0.25) is 4.79 Å². The van der Waals surface area contributed by atoms with Gasteiger partial charge in [0.05, 0.1) is 0 Å². The average molecular weight is 258 g/mol. The van der Waals surface area contributed by atoms with E-state index in [1.807, 2.05) is 31.2 Å². The zero-order valence-corrected chi connectivity index (χ0v) is 12.7. The van der Waals surface area contributed by atoms with Gasteiger partial charge >= 0.3 is 0 Å². The standard InChI is InChI=1S/C18H26O/c1-13-7-5-6-8-16(13)17(19)14-9-11-15(12-10-14)18(2,3)4/h5-8,14-15H,9-12H2,1-4H3. The van der Waals surface area contributed by atoms with E-state index >= 15 is 0 Å². The molecule has 0 radical (unpaired) electrons. The van der Waals surface area contributed by atoms with E-state index in [9.17, 15) is 4.79 Å². The van der Waals surface area contributed by atoms with Crippen LogP contribution in [0.5, 0.6) is 0 Å². The second-order valence-electron chi connectivity index (χ2n) is 7.09. The third kappa shape index (κ3) is 3.26. The summed E-state index contributed by atoms with van der Waals surface area (Å²) in [7, 11) is 0. The number of aryl methyl sites for hydroxylation is 1.